The minimum atomic E-state index is -0.999. The van der Waals surface area contributed by atoms with Crippen LogP contribution in [0.5, 0.6) is 0 Å². The first-order valence-electron chi connectivity index (χ1n) is 3.67. The van der Waals surface area contributed by atoms with Gasteiger partial charge in [-0.1, -0.05) is 27.3 Å². The van der Waals surface area contributed by atoms with Crippen LogP contribution in [0.25, 0.3) is 10.2 Å². The van der Waals surface area contributed by atoms with E-state index in [-0.39, 0.29) is 5.56 Å². The summed E-state index contributed by atoms with van der Waals surface area (Å²) in [4.78, 5) is 14.8. The molecule has 4 nitrogen and oxygen atoms in total. The maximum atomic E-state index is 10.9. The number of thiazole rings is 1. The Morgan fingerprint density at radius 2 is 2.29 bits per heavy atom. The van der Waals surface area contributed by atoms with Gasteiger partial charge >= 0.3 is 5.97 Å². The van der Waals surface area contributed by atoms with Crippen molar-refractivity contribution >= 4 is 48.6 Å². The van der Waals surface area contributed by atoms with Crippen molar-refractivity contribution in [3.05, 3.63) is 22.2 Å². The van der Waals surface area contributed by atoms with E-state index in [0.29, 0.717) is 15.1 Å². The molecular formula is C8H5BrN2O2S. The smallest absolute Gasteiger partial charge is 0.337 e. The summed E-state index contributed by atoms with van der Waals surface area (Å²) in [7, 11) is 0. The molecule has 1 aromatic heterocycles. The van der Waals surface area contributed by atoms with E-state index in [9.17, 15) is 4.79 Å². The van der Waals surface area contributed by atoms with Crippen molar-refractivity contribution in [2.45, 2.75) is 0 Å². The predicted molar refractivity (Wildman–Crippen MR) is 58.7 cm³/mol. The maximum absolute atomic E-state index is 10.9. The van der Waals surface area contributed by atoms with Gasteiger partial charge in [0, 0.05) is 4.47 Å². The van der Waals surface area contributed by atoms with Gasteiger partial charge in [0.1, 0.15) is 0 Å². The van der Waals surface area contributed by atoms with Gasteiger partial charge in [0.2, 0.25) is 0 Å². The number of hydrogen-bond donors (Lipinski definition) is 2. The van der Waals surface area contributed by atoms with Crippen molar-refractivity contribution in [1.29, 1.82) is 0 Å². The maximum Gasteiger partial charge on any atom is 0.337 e. The van der Waals surface area contributed by atoms with E-state index in [1.54, 1.807) is 6.07 Å². The Morgan fingerprint density at radius 3 is 2.93 bits per heavy atom. The van der Waals surface area contributed by atoms with E-state index in [1.165, 1.54) is 17.4 Å². The number of anilines is 1. The second-order valence-corrected chi connectivity index (χ2v) is 4.64. The van der Waals surface area contributed by atoms with Gasteiger partial charge in [0.25, 0.3) is 0 Å². The van der Waals surface area contributed by atoms with Crippen LogP contribution in [-0.2, 0) is 0 Å². The summed E-state index contributed by atoms with van der Waals surface area (Å²) >= 11 is 4.51. The number of carboxylic acid groups (broad SMARTS) is 1. The number of nitrogen functional groups attached to an aromatic ring is 1. The number of carboxylic acids is 1. The van der Waals surface area contributed by atoms with Gasteiger partial charge in [-0.05, 0) is 12.1 Å². The molecule has 72 valence electrons. The molecule has 0 unspecified atom stereocenters. The first kappa shape index (κ1) is 9.42. The third-order valence-electron chi connectivity index (χ3n) is 1.71. The molecule has 0 aliphatic rings. The molecule has 14 heavy (non-hydrogen) atoms. The average molecular weight is 273 g/mol. The van der Waals surface area contributed by atoms with Gasteiger partial charge in [0.05, 0.1) is 15.8 Å². The monoisotopic (exact) mass is 272 g/mol. The number of hydrogen-bond acceptors (Lipinski definition) is 4. The minimum absolute atomic E-state index is 0.169. The van der Waals surface area contributed by atoms with E-state index in [2.05, 4.69) is 20.9 Å². The highest BCUT2D eigenvalue weighted by atomic mass is 79.9. The van der Waals surface area contributed by atoms with Crippen LogP contribution in [0.2, 0.25) is 0 Å². The van der Waals surface area contributed by atoms with Crippen LogP contribution >= 0.6 is 27.3 Å². The zero-order valence-corrected chi connectivity index (χ0v) is 9.22. The third kappa shape index (κ3) is 1.46. The van der Waals surface area contributed by atoms with Crippen molar-refractivity contribution in [2.24, 2.45) is 0 Å². The molecule has 0 saturated heterocycles. The molecule has 0 spiro atoms. The highest BCUT2D eigenvalue weighted by Gasteiger charge is 2.13. The third-order valence-corrected chi connectivity index (χ3v) is 3.00. The molecule has 0 radical (unpaired) electrons. The normalized spacial score (nSPS) is 10.6. The van der Waals surface area contributed by atoms with Gasteiger partial charge in [-0.25, -0.2) is 9.78 Å². The largest absolute Gasteiger partial charge is 0.478 e. The molecule has 3 N–H and O–H groups in total. The molecule has 0 saturated carbocycles. The molecule has 1 aromatic carbocycles. The minimum Gasteiger partial charge on any atom is -0.478 e. The SMILES string of the molecule is Nc1nc2c(C(=O)O)cc(Br)cc2s1. The molecular weight excluding hydrogens is 268 g/mol. The van der Waals surface area contributed by atoms with Crippen molar-refractivity contribution in [2.75, 3.05) is 5.73 Å². The Bertz CT molecular complexity index is 523. The van der Waals surface area contributed by atoms with Gasteiger partial charge in [-0.15, -0.1) is 0 Å². The van der Waals surface area contributed by atoms with Crippen LogP contribution in [0.4, 0.5) is 5.13 Å². The molecule has 2 aromatic rings. The topological polar surface area (TPSA) is 76.2 Å². The quantitative estimate of drug-likeness (QED) is 0.836. The summed E-state index contributed by atoms with van der Waals surface area (Å²) in [6.45, 7) is 0. The number of benzene rings is 1. The highest BCUT2D eigenvalue weighted by molar-refractivity contribution is 9.10. The van der Waals surface area contributed by atoms with Crippen LogP contribution in [-0.4, -0.2) is 16.1 Å². The van der Waals surface area contributed by atoms with Crippen LogP contribution in [0, 0.1) is 0 Å². The number of nitrogens with two attached hydrogens (primary N) is 1. The summed E-state index contributed by atoms with van der Waals surface area (Å²) in [6, 6.07) is 3.32. The molecule has 0 aliphatic heterocycles. The molecule has 0 bridgehead atoms. The zero-order valence-electron chi connectivity index (χ0n) is 6.82. The molecule has 0 amide bonds. The van der Waals surface area contributed by atoms with Crippen LogP contribution in [0.1, 0.15) is 10.4 Å². The summed E-state index contributed by atoms with van der Waals surface area (Å²) in [5.41, 5.74) is 6.13. The lowest BCUT2D eigenvalue weighted by atomic mass is 10.2. The molecule has 0 atom stereocenters. The van der Waals surface area contributed by atoms with Crippen LogP contribution in [0.15, 0.2) is 16.6 Å². The van der Waals surface area contributed by atoms with Crippen LogP contribution < -0.4 is 5.73 Å². The van der Waals surface area contributed by atoms with Gasteiger partial charge in [-0.3, -0.25) is 0 Å². The van der Waals surface area contributed by atoms with Crippen LogP contribution in [0.3, 0.4) is 0 Å². The number of halogens is 1. The van der Waals surface area contributed by atoms with E-state index in [1.807, 2.05) is 0 Å². The molecule has 0 fully saturated rings. The van der Waals surface area contributed by atoms with E-state index < -0.39 is 5.97 Å². The Labute approximate surface area is 91.5 Å². The first-order chi connectivity index (χ1) is 6.58. The van der Waals surface area contributed by atoms with Crippen molar-refractivity contribution in [3.8, 4) is 0 Å². The Hall–Kier alpha value is -1.14. The lowest BCUT2D eigenvalue weighted by Crippen LogP contribution is -1.97. The fourth-order valence-corrected chi connectivity index (χ4v) is 2.59. The fourth-order valence-electron chi connectivity index (χ4n) is 1.18. The standard InChI is InChI=1S/C8H5BrN2O2S/c9-3-1-4(7(12)13)6-5(2-3)14-8(10)11-6/h1-2H,(H2,10,11)(H,12,13). The Balaban J connectivity index is 2.85. The van der Waals surface area contributed by atoms with Gasteiger partial charge in [-0.2, -0.15) is 0 Å². The number of fused-ring (bicyclic) bond motifs is 1. The summed E-state index contributed by atoms with van der Waals surface area (Å²) in [6.07, 6.45) is 0. The molecule has 1 heterocycles. The second-order valence-electron chi connectivity index (χ2n) is 2.66. The van der Waals surface area contributed by atoms with E-state index in [0.717, 1.165) is 4.70 Å². The first-order valence-corrected chi connectivity index (χ1v) is 5.28. The Kier molecular flexibility index (Phi) is 2.16. The highest BCUT2D eigenvalue weighted by Crippen LogP contribution is 2.29. The van der Waals surface area contributed by atoms with E-state index in [4.69, 9.17) is 10.8 Å². The summed E-state index contributed by atoms with van der Waals surface area (Å²) in [5.74, 6) is -0.999. The van der Waals surface area contributed by atoms with Crippen molar-refractivity contribution in [3.63, 3.8) is 0 Å². The lowest BCUT2D eigenvalue weighted by Gasteiger charge is -1.96. The van der Waals surface area contributed by atoms with Gasteiger partial charge in [0.15, 0.2) is 5.13 Å². The zero-order chi connectivity index (χ0) is 10.3. The molecule has 0 aliphatic carbocycles. The summed E-state index contributed by atoms with van der Waals surface area (Å²) in [5, 5.41) is 9.30. The number of rotatable bonds is 1. The predicted octanol–water partition coefficient (Wildman–Crippen LogP) is 2.34. The number of carbonyl (C=O) groups is 1. The molecule has 2 rings (SSSR count). The van der Waals surface area contributed by atoms with Crippen molar-refractivity contribution < 1.29 is 9.90 Å². The Morgan fingerprint density at radius 1 is 1.57 bits per heavy atom. The number of aromatic carboxylic acids is 1. The number of aromatic nitrogens is 1. The number of nitrogens with zero attached hydrogens (tertiary/aromatic N) is 1. The second kappa shape index (κ2) is 3.21. The fraction of sp³-hybridized carbons (Fsp3) is 0. The molecule has 6 heteroatoms. The summed E-state index contributed by atoms with van der Waals surface area (Å²) < 4.78 is 1.49. The average Bonchev–Trinajstić information content (AvgIpc) is 2.42. The van der Waals surface area contributed by atoms with Gasteiger partial charge < -0.3 is 10.8 Å². The van der Waals surface area contributed by atoms with Crippen molar-refractivity contribution in [1.82, 2.24) is 4.98 Å². The van der Waals surface area contributed by atoms with E-state index >= 15 is 0 Å². The lowest BCUT2D eigenvalue weighted by molar-refractivity contribution is 0.0699.